The summed E-state index contributed by atoms with van der Waals surface area (Å²) in [6.45, 7) is 2.01. The number of aliphatic hydroxyl groups excluding tert-OH is 1. The van der Waals surface area contributed by atoms with Crippen LogP contribution in [0.1, 0.15) is 24.5 Å². The molecule has 1 aliphatic heterocycles. The molecule has 1 aromatic heterocycles. The second kappa shape index (κ2) is 5.04. The molecule has 3 nitrogen and oxygen atoms in total. The van der Waals surface area contributed by atoms with Crippen molar-refractivity contribution >= 4 is 10.9 Å². The summed E-state index contributed by atoms with van der Waals surface area (Å²) in [5, 5.41) is 14.9. The highest BCUT2D eigenvalue weighted by Gasteiger charge is 2.22. The second-order valence-corrected chi connectivity index (χ2v) is 4.99. The fourth-order valence-corrected chi connectivity index (χ4v) is 2.70. The number of benzene rings is 1. The number of aromatic nitrogens is 1. The summed E-state index contributed by atoms with van der Waals surface area (Å²) in [5.41, 5.74) is 1.95. The first-order chi connectivity index (χ1) is 8.84. The summed E-state index contributed by atoms with van der Waals surface area (Å²) in [4.78, 5) is 4.35. The summed E-state index contributed by atoms with van der Waals surface area (Å²) >= 11 is 0. The van der Waals surface area contributed by atoms with Crippen LogP contribution in [0.4, 0.5) is 0 Å². The number of rotatable bonds is 2. The number of pyridine rings is 1. The van der Waals surface area contributed by atoms with E-state index in [1.165, 1.54) is 0 Å². The van der Waals surface area contributed by atoms with Crippen molar-refractivity contribution in [2.75, 3.05) is 13.1 Å². The molecule has 1 atom stereocenters. The van der Waals surface area contributed by atoms with Crippen LogP contribution in [0.3, 0.4) is 0 Å². The molecule has 0 bridgehead atoms. The fourth-order valence-electron chi connectivity index (χ4n) is 2.70. The minimum atomic E-state index is -0.362. The minimum Gasteiger partial charge on any atom is -0.388 e. The zero-order valence-electron chi connectivity index (χ0n) is 10.3. The van der Waals surface area contributed by atoms with E-state index in [9.17, 15) is 5.11 Å². The molecule has 3 heteroatoms. The average molecular weight is 242 g/mol. The molecular weight excluding hydrogens is 224 g/mol. The maximum absolute atomic E-state index is 10.4. The van der Waals surface area contributed by atoms with Gasteiger partial charge in [0.15, 0.2) is 0 Å². The van der Waals surface area contributed by atoms with E-state index in [-0.39, 0.29) is 6.10 Å². The van der Waals surface area contributed by atoms with Gasteiger partial charge in [0, 0.05) is 11.6 Å². The Kier molecular flexibility index (Phi) is 3.26. The Labute approximate surface area is 107 Å². The molecule has 1 saturated heterocycles. The Morgan fingerprint density at radius 1 is 1.22 bits per heavy atom. The molecule has 1 unspecified atom stereocenters. The normalized spacial score (nSPS) is 18.9. The predicted octanol–water partition coefficient (Wildman–Crippen LogP) is 2.27. The molecule has 2 aromatic rings. The van der Waals surface area contributed by atoms with Gasteiger partial charge in [-0.1, -0.05) is 18.2 Å². The third-order valence-corrected chi connectivity index (χ3v) is 3.80. The lowest BCUT2D eigenvalue weighted by molar-refractivity contribution is 0.0890. The van der Waals surface area contributed by atoms with E-state index in [1.807, 2.05) is 30.3 Å². The molecule has 3 rings (SSSR count). The summed E-state index contributed by atoms with van der Waals surface area (Å²) in [7, 11) is 0. The molecule has 18 heavy (non-hydrogen) atoms. The number of nitrogens with zero attached hydrogens (tertiary/aromatic N) is 1. The van der Waals surface area contributed by atoms with E-state index in [0.717, 1.165) is 42.4 Å². The van der Waals surface area contributed by atoms with Crippen molar-refractivity contribution in [1.82, 2.24) is 10.3 Å². The van der Waals surface area contributed by atoms with Gasteiger partial charge >= 0.3 is 0 Å². The summed E-state index contributed by atoms with van der Waals surface area (Å²) in [5.74, 6) is 0.368. The first kappa shape index (κ1) is 11.6. The van der Waals surface area contributed by atoms with Crippen LogP contribution in [0.5, 0.6) is 0 Å². The van der Waals surface area contributed by atoms with Crippen LogP contribution in [0.2, 0.25) is 0 Å². The van der Waals surface area contributed by atoms with Gasteiger partial charge < -0.3 is 10.4 Å². The molecule has 2 N–H and O–H groups in total. The highest BCUT2D eigenvalue weighted by molar-refractivity contribution is 5.78. The zero-order chi connectivity index (χ0) is 12.4. The lowest BCUT2D eigenvalue weighted by Crippen LogP contribution is -2.30. The number of hydrogen-bond acceptors (Lipinski definition) is 3. The molecule has 0 radical (unpaired) electrons. The summed E-state index contributed by atoms with van der Waals surface area (Å²) in [6.07, 6.45) is 3.52. The number of fused-ring (bicyclic) bond motifs is 1. The largest absolute Gasteiger partial charge is 0.388 e. The summed E-state index contributed by atoms with van der Waals surface area (Å²) < 4.78 is 0. The molecule has 0 saturated carbocycles. The Hall–Kier alpha value is -1.45. The van der Waals surface area contributed by atoms with Gasteiger partial charge in [-0.05, 0) is 49.5 Å². The van der Waals surface area contributed by atoms with E-state index in [2.05, 4.69) is 10.3 Å². The third-order valence-electron chi connectivity index (χ3n) is 3.80. The van der Waals surface area contributed by atoms with Gasteiger partial charge in [-0.25, -0.2) is 0 Å². The highest BCUT2D eigenvalue weighted by Crippen LogP contribution is 2.29. The minimum absolute atomic E-state index is 0.362. The van der Waals surface area contributed by atoms with Crippen molar-refractivity contribution in [3.63, 3.8) is 0 Å². The van der Waals surface area contributed by atoms with E-state index in [4.69, 9.17) is 0 Å². The van der Waals surface area contributed by atoms with E-state index >= 15 is 0 Å². The van der Waals surface area contributed by atoms with Crippen molar-refractivity contribution in [2.45, 2.75) is 18.9 Å². The van der Waals surface area contributed by atoms with Crippen LogP contribution in [0.25, 0.3) is 10.9 Å². The quantitative estimate of drug-likeness (QED) is 0.849. The van der Waals surface area contributed by atoms with Crippen LogP contribution in [0.15, 0.2) is 36.5 Å². The standard InChI is InChI=1S/C15H18N2O/c18-15(12-5-8-16-9-6-12)13-4-3-11-2-1-7-17-14(11)10-13/h1-4,7,10,12,15-16,18H,5-6,8-9H2. The van der Waals surface area contributed by atoms with Gasteiger partial charge in [0.1, 0.15) is 0 Å². The van der Waals surface area contributed by atoms with Gasteiger partial charge in [0.2, 0.25) is 0 Å². The molecule has 0 spiro atoms. The van der Waals surface area contributed by atoms with Crippen LogP contribution in [-0.2, 0) is 0 Å². The van der Waals surface area contributed by atoms with Crippen molar-refractivity contribution < 1.29 is 5.11 Å². The Balaban J connectivity index is 1.88. The van der Waals surface area contributed by atoms with Gasteiger partial charge in [-0.2, -0.15) is 0 Å². The van der Waals surface area contributed by atoms with Crippen LogP contribution in [-0.4, -0.2) is 23.2 Å². The third kappa shape index (κ3) is 2.24. The SMILES string of the molecule is OC(c1ccc2cccnc2c1)C1CCNCC1. The van der Waals surface area contributed by atoms with Crippen LogP contribution in [0, 0.1) is 5.92 Å². The van der Waals surface area contributed by atoms with Gasteiger partial charge in [-0.15, -0.1) is 0 Å². The molecule has 94 valence electrons. The zero-order valence-corrected chi connectivity index (χ0v) is 10.3. The van der Waals surface area contributed by atoms with Crippen molar-refractivity contribution in [3.05, 3.63) is 42.1 Å². The maximum Gasteiger partial charge on any atom is 0.0819 e. The summed E-state index contributed by atoms with van der Waals surface area (Å²) in [6, 6.07) is 10.1. The first-order valence-electron chi connectivity index (χ1n) is 6.58. The molecule has 2 heterocycles. The molecular formula is C15H18N2O. The Morgan fingerprint density at radius 3 is 2.89 bits per heavy atom. The molecule has 0 amide bonds. The first-order valence-corrected chi connectivity index (χ1v) is 6.58. The van der Waals surface area contributed by atoms with Crippen LogP contribution < -0.4 is 5.32 Å². The molecule has 1 aliphatic rings. The Bertz CT molecular complexity index is 535. The van der Waals surface area contributed by atoms with Crippen molar-refractivity contribution in [3.8, 4) is 0 Å². The smallest absolute Gasteiger partial charge is 0.0819 e. The van der Waals surface area contributed by atoms with Gasteiger partial charge in [0.05, 0.1) is 11.6 Å². The van der Waals surface area contributed by atoms with Crippen molar-refractivity contribution in [2.24, 2.45) is 5.92 Å². The monoisotopic (exact) mass is 242 g/mol. The van der Waals surface area contributed by atoms with E-state index < -0.39 is 0 Å². The average Bonchev–Trinajstić information content (AvgIpc) is 2.47. The van der Waals surface area contributed by atoms with E-state index in [1.54, 1.807) is 6.20 Å². The van der Waals surface area contributed by atoms with Gasteiger partial charge in [-0.3, -0.25) is 4.98 Å². The highest BCUT2D eigenvalue weighted by atomic mass is 16.3. The Morgan fingerprint density at radius 2 is 2.06 bits per heavy atom. The number of piperidine rings is 1. The molecule has 1 aromatic carbocycles. The number of hydrogen-bond donors (Lipinski definition) is 2. The molecule has 1 fully saturated rings. The lowest BCUT2D eigenvalue weighted by Gasteiger charge is -2.27. The predicted molar refractivity (Wildman–Crippen MR) is 72.3 cm³/mol. The van der Waals surface area contributed by atoms with E-state index in [0.29, 0.717) is 5.92 Å². The lowest BCUT2D eigenvalue weighted by atomic mass is 9.88. The number of aliphatic hydroxyl groups is 1. The van der Waals surface area contributed by atoms with Crippen molar-refractivity contribution in [1.29, 1.82) is 0 Å². The second-order valence-electron chi connectivity index (χ2n) is 4.99. The van der Waals surface area contributed by atoms with Gasteiger partial charge in [0.25, 0.3) is 0 Å². The maximum atomic E-state index is 10.4. The molecule has 0 aliphatic carbocycles. The van der Waals surface area contributed by atoms with Crippen LogP contribution >= 0.6 is 0 Å². The fraction of sp³-hybridized carbons (Fsp3) is 0.400. The topological polar surface area (TPSA) is 45.2 Å². The number of nitrogens with one attached hydrogen (secondary N) is 1.